The summed E-state index contributed by atoms with van der Waals surface area (Å²) in [6, 6.07) is 8.16. The maximum atomic E-state index is 11.7. The Labute approximate surface area is 122 Å². The van der Waals surface area contributed by atoms with Crippen LogP contribution in [0.5, 0.6) is 0 Å². The topological polar surface area (TPSA) is 85.3 Å². The molecule has 0 saturated carbocycles. The molecule has 1 aromatic heterocycles. The van der Waals surface area contributed by atoms with Crippen LogP contribution >= 0.6 is 12.4 Å². The predicted octanol–water partition coefficient (Wildman–Crippen LogP) is 2.28. The molecule has 0 fully saturated rings. The molecule has 3 N–H and O–H groups in total. The lowest BCUT2D eigenvalue weighted by atomic mass is 10.2. The average Bonchev–Trinajstić information content (AvgIpc) is 2.36. The van der Waals surface area contributed by atoms with Gasteiger partial charge in [0, 0.05) is 29.6 Å². The number of carbonyl (C=O) groups excluding carboxylic acids is 1. The van der Waals surface area contributed by atoms with Gasteiger partial charge in [0.15, 0.2) is 0 Å². The highest BCUT2D eigenvalue weighted by Crippen LogP contribution is 2.17. The van der Waals surface area contributed by atoms with Gasteiger partial charge in [-0.3, -0.25) is 4.79 Å². The zero-order valence-corrected chi connectivity index (χ0v) is 11.9. The fourth-order valence-corrected chi connectivity index (χ4v) is 1.73. The fourth-order valence-electron chi connectivity index (χ4n) is 1.73. The van der Waals surface area contributed by atoms with Crippen LogP contribution in [0.4, 0.5) is 5.69 Å². The number of halogens is 1. The molecule has 0 radical (unpaired) electrons. The van der Waals surface area contributed by atoms with Crippen LogP contribution < -0.4 is 16.7 Å². The molecular formula is C14H17ClN2O3. The van der Waals surface area contributed by atoms with Gasteiger partial charge in [-0.25, -0.2) is 4.79 Å². The number of nitrogens with two attached hydrogens (primary N) is 1. The zero-order chi connectivity index (χ0) is 13.8. The highest BCUT2D eigenvalue weighted by atomic mass is 35.5. The molecule has 5 nitrogen and oxygen atoms in total. The van der Waals surface area contributed by atoms with Gasteiger partial charge >= 0.3 is 5.63 Å². The van der Waals surface area contributed by atoms with Crippen LogP contribution in [0.3, 0.4) is 0 Å². The van der Waals surface area contributed by atoms with Crippen LogP contribution in [0.25, 0.3) is 11.0 Å². The molecule has 108 valence electrons. The first-order valence-electron chi connectivity index (χ1n) is 6.14. The van der Waals surface area contributed by atoms with Crippen LogP contribution in [0.15, 0.2) is 39.5 Å². The second kappa shape index (κ2) is 7.07. The molecule has 0 saturated heterocycles. The van der Waals surface area contributed by atoms with Gasteiger partial charge in [0.2, 0.25) is 5.91 Å². The van der Waals surface area contributed by atoms with Crippen molar-refractivity contribution in [2.75, 3.05) is 5.32 Å². The Hall–Kier alpha value is -1.85. The van der Waals surface area contributed by atoms with Crippen molar-refractivity contribution in [2.45, 2.75) is 25.8 Å². The number of fused-ring (bicyclic) bond motifs is 1. The summed E-state index contributed by atoms with van der Waals surface area (Å²) in [5, 5.41) is 3.56. The SMILES string of the molecule is CC(N)CCC(=O)Nc1ccc2oc(=O)ccc2c1.Cl. The number of carbonyl (C=O) groups is 1. The van der Waals surface area contributed by atoms with E-state index in [1.165, 1.54) is 6.07 Å². The second-order valence-corrected chi connectivity index (χ2v) is 4.57. The van der Waals surface area contributed by atoms with Gasteiger partial charge in [-0.1, -0.05) is 0 Å². The molecule has 0 aliphatic carbocycles. The van der Waals surface area contributed by atoms with Gasteiger partial charge < -0.3 is 15.5 Å². The van der Waals surface area contributed by atoms with E-state index in [4.69, 9.17) is 10.2 Å². The molecule has 2 rings (SSSR count). The zero-order valence-electron chi connectivity index (χ0n) is 11.1. The lowest BCUT2D eigenvalue weighted by molar-refractivity contribution is -0.116. The van der Waals surface area contributed by atoms with E-state index in [0.29, 0.717) is 24.1 Å². The van der Waals surface area contributed by atoms with Crippen molar-refractivity contribution in [2.24, 2.45) is 5.73 Å². The number of hydrogen-bond acceptors (Lipinski definition) is 4. The Kier molecular flexibility index (Phi) is 5.73. The Morgan fingerprint density at radius 1 is 1.35 bits per heavy atom. The van der Waals surface area contributed by atoms with Crippen LogP contribution in [0.2, 0.25) is 0 Å². The molecule has 0 aliphatic heterocycles. The number of nitrogens with one attached hydrogen (secondary N) is 1. The smallest absolute Gasteiger partial charge is 0.336 e. The van der Waals surface area contributed by atoms with Crippen LogP contribution in [-0.4, -0.2) is 11.9 Å². The minimum atomic E-state index is -0.388. The lowest BCUT2D eigenvalue weighted by Gasteiger charge is -2.07. The Balaban J connectivity index is 0.00000200. The van der Waals surface area contributed by atoms with Crippen molar-refractivity contribution in [3.8, 4) is 0 Å². The first-order chi connectivity index (χ1) is 9.04. The van der Waals surface area contributed by atoms with Crippen molar-refractivity contribution < 1.29 is 9.21 Å². The van der Waals surface area contributed by atoms with Gasteiger partial charge in [0.1, 0.15) is 5.58 Å². The van der Waals surface area contributed by atoms with Crippen molar-refractivity contribution in [1.82, 2.24) is 0 Å². The summed E-state index contributed by atoms with van der Waals surface area (Å²) in [5.74, 6) is -0.0750. The van der Waals surface area contributed by atoms with E-state index in [9.17, 15) is 9.59 Å². The van der Waals surface area contributed by atoms with Gasteiger partial charge in [-0.15, -0.1) is 12.4 Å². The third-order valence-corrected chi connectivity index (χ3v) is 2.73. The third-order valence-electron chi connectivity index (χ3n) is 2.73. The average molecular weight is 297 g/mol. The number of anilines is 1. The van der Waals surface area contributed by atoms with E-state index in [0.717, 1.165) is 5.39 Å². The summed E-state index contributed by atoms with van der Waals surface area (Å²) in [7, 11) is 0. The molecule has 1 unspecified atom stereocenters. The Morgan fingerprint density at radius 3 is 2.80 bits per heavy atom. The molecule has 2 aromatic rings. The third kappa shape index (κ3) is 4.36. The molecule has 0 aliphatic rings. The Bertz CT molecular complexity index is 652. The van der Waals surface area contributed by atoms with Crippen LogP contribution in [0.1, 0.15) is 19.8 Å². The molecule has 1 amide bonds. The predicted molar refractivity (Wildman–Crippen MR) is 81.2 cm³/mol. The van der Waals surface area contributed by atoms with Crippen molar-refractivity contribution >= 4 is 35.0 Å². The number of benzene rings is 1. The maximum absolute atomic E-state index is 11.7. The van der Waals surface area contributed by atoms with Crippen molar-refractivity contribution in [3.05, 3.63) is 40.8 Å². The summed E-state index contributed by atoms with van der Waals surface area (Å²) < 4.78 is 5.02. The molecule has 20 heavy (non-hydrogen) atoms. The minimum Gasteiger partial charge on any atom is -0.423 e. The lowest BCUT2D eigenvalue weighted by Crippen LogP contribution is -2.19. The first kappa shape index (κ1) is 16.2. The van der Waals surface area contributed by atoms with E-state index < -0.39 is 0 Å². The van der Waals surface area contributed by atoms with Crippen LogP contribution in [-0.2, 0) is 4.79 Å². The molecular weight excluding hydrogens is 280 g/mol. The molecule has 6 heteroatoms. The van der Waals surface area contributed by atoms with E-state index in [-0.39, 0.29) is 30.0 Å². The quantitative estimate of drug-likeness (QED) is 0.848. The number of amides is 1. The van der Waals surface area contributed by atoms with Gasteiger partial charge in [0.25, 0.3) is 0 Å². The van der Waals surface area contributed by atoms with E-state index in [2.05, 4.69) is 5.32 Å². The maximum Gasteiger partial charge on any atom is 0.336 e. The number of rotatable bonds is 4. The minimum absolute atomic E-state index is 0. The number of hydrogen-bond donors (Lipinski definition) is 2. The standard InChI is InChI=1S/C14H16N2O3.ClH/c1-9(15)2-6-13(17)16-11-4-5-12-10(8-11)3-7-14(18)19-12;/h3-5,7-9H,2,6,15H2,1H3,(H,16,17);1H. The summed E-state index contributed by atoms with van der Waals surface area (Å²) in [5.41, 5.74) is 6.39. The summed E-state index contributed by atoms with van der Waals surface area (Å²) in [6.07, 6.45) is 1.04. The molecule has 0 spiro atoms. The summed E-state index contributed by atoms with van der Waals surface area (Å²) in [4.78, 5) is 22.7. The first-order valence-corrected chi connectivity index (χ1v) is 6.14. The largest absolute Gasteiger partial charge is 0.423 e. The summed E-state index contributed by atoms with van der Waals surface area (Å²) >= 11 is 0. The van der Waals surface area contributed by atoms with Gasteiger partial charge in [-0.2, -0.15) is 0 Å². The fraction of sp³-hybridized carbons (Fsp3) is 0.286. The summed E-state index contributed by atoms with van der Waals surface area (Å²) in [6.45, 7) is 1.87. The highest BCUT2D eigenvalue weighted by molar-refractivity contribution is 5.93. The van der Waals surface area contributed by atoms with Crippen molar-refractivity contribution in [1.29, 1.82) is 0 Å². The van der Waals surface area contributed by atoms with Gasteiger partial charge in [0.05, 0.1) is 0 Å². The van der Waals surface area contributed by atoms with E-state index in [1.54, 1.807) is 24.3 Å². The van der Waals surface area contributed by atoms with E-state index >= 15 is 0 Å². The molecule has 1 aromatic carbocycles. The van der Waals surface area contributed by atoms with Crippen molar-refractivity contribution in [3.63, 3.8) is 0 Å². The molecule has 1 atom stereocenters. The normalized spacial score (nSPS) is 11.7. The van der Waals surface area contributed by atoms with Crippen LogP contribution in [0, 0.1) is 0 Å². The Morgan fingerprint density at radius 2 is 2.10 bits per heavy atom. The molecule has 1 heterocycles. The van der Waals surface area contributed by atoms with Gasteiger partial charge in [-0.05, 0) is 37.6 Å². The monoisotopic (exact) mass is 296 g/mol. The second-order valence-electron chi connectivity index (χ2n) is 4.57. The highest BCUT2D eigenvalue weighted by Gasteiger charge is 2.05. The molecule has 0 bridgehead atoms. The van der Waals surface area contributed by atoms with E-state index in [1.807, 2.05) is 6.92 Å².